The van der Waals surface area contributed by atoms with E-state index in [2.05, 4.69) is 29.9 Å². The van der Waals surface area contributed by atoms with Gasteiger partial charge in [-0.3, -0.25) is 14.1 Å². The fourth-order valence-electron chi connectivity index (χ4n) is 4.65. The standard InChI is InChI=1S/C28H26F3N5O/c1-17(2)20-7-5-6-8-21(20)22-13-23-24(14-32-22)35(4)27(37)36(23)15-18-9-11-19(12-10-18)26-33-25(16-34(26)3)28(29,30)31/h5-14,16-17H,15H2,1-4H3. The van der Waals surface area contributed by atoms with E-state index in [9.17, 15) is 18.0 Å². The monoisotopic (exact) mass is 505 g/mol. The Balaban J connectivity index is 1.51. The molecule has 0 aliphatic carbocycles. The highest BCUT2D eigenvalue weighted by atomic mass is 19.4. The fraction of sp³-hybridized carbons (Fsp3) is 0.250. The molecule has 3 heterocycles. The maximum atomic E-state index is 13.1. The molecule has 0 N–H and O–H groups in total. The van der Waals surface area contributed by atoms with E-state index in [-0.39, 0.29) is 11.5 Å². The van der Waals surface area contributed by atoms with E-state index in [1.54, 1.807) is 46.6 Å². The number of halogens is 3. The van der Waals surface area contributed by atoms with Crippen LogP contribution in [0.1, 0.15) is 36.6 Å². The molecule has 0 saturated heterocycles. The average molecular weight is 506 g/mol. The normalized spacial score (nSPS) is 12.1. The SMILES string of the molecule is CC(C)c1ccccc1-c1cc2c(cn1)n(C)c(=O)n2Cc1ccc(-c2nc(C(F)(F)F)cn2C)cc1. The first-order valence-electron chi connectivity index (χ1n) is 11.9. The maximum absolute atomic E-state index is 13.1. The van der Waals surface area contributed by atoms with Crippen molar-refractivity contribution < 1.29 is 13.2 Å². The Morgan fingerprint density at radius 1 is 0.973 bits per heavy atom. The zero-order valence-electron chi connectivity index (χ0n) is 20.9. The first kappa shape index (κ1) is 24.5. The molecule has 0 spiro atoms. The lowest BCUT2D eigenvalue weighted by Crippen LogP contribution is -2.22. The van der Waals surface area contributed by atoms with Crippen LogP contribution < -0.4 is 5.69 Å². The fourth-order valence-corrected chi connectivity index (χ4v) is 4.65. The molecule has 0 unspecified atom stereocenters. The van der Waals surface area contributed by atoms with E-state index in [0.717, 1.165) is 34.1 Å². The third-order valence-corrected chi connectivity index (χ3v) is 6.61. The predicted molar refractivity (Wildman–Crippen MR) is 137 cm³/mol. The topological polar surface area (TPSA) is 57.6 Å². The van der Waals surface area contributed by atoms with Gasteiger partial charge >= 0.3 is 11.9 Å². The number of rotatable bonds is 5. The predicted octanol–water partition coefficient (Wildman–Crippen LogP) is 5.99. The summed E-state index contributed by atoms with van der Waals surface area (Å²) in [6.07, 6.45) is -1.81. The van der Waals surface area contributed by atoms with Crippen molar-refractivity contribution in [1.82, 2.24) is 23.7 Å². The molecule has 9 heteroatoms. The molecule has 0 radical (unpaired) electrons. The van der Waals surface area contributed by atoms with Gasteiger partial charge in [-0.25, -0.2) is 9.78 Å². The smallest absolute Gasteiger partial charge is 0.333 e. The van der Waals surface area contributed by atoms with Crippen LogP contribution in [-0.2, 0) is 26.8 Å². The van der Waals surface area contributed by atoms with Gasteiger partial charge in [-0.2, -0.15) is 13.2 Å². The number of aryl methyl sites for hydroxylation is 2. The van der Waals surface area contributed by atoms with Crippen molar-refractivity contribution in [1.29, 1.82) is 0 Å². The molecule has 5 aromatic rings. The molecule has 0 aliphatic rings. The van der Waals surface area contributed by atoms with E-state index in [1.165, 1.54) is 17.2 Å². The van der Waals surface area contributed by atoms with Crippen molar-refractivity contribution in [3.05, 3.63) is 94.3 Å². The zero-order valence-corrected chi connectivity index (χ0v) is 20.9. The number of hydrogen-bond acceptors (Lipinski definition) is 3. The minimum absolute atomic E-state index is 0.172. The molecule has 5 rings (SSSR count). The van der Waals surface area contributed by atoms with Gasteiger partial charge < -0.3 is 4.57 Å². The van der Waals surface area contributed by atoms with Gasteiger partial charge in [0.25, 0.3) is 0 Å². The van der Waals surface area contributed by atoms with Crippen LogP contribution in [0, 0.1) is 0 Å². The van der Waals surface area contributed by atoms with Crippen molar-refractivity contribution >= 4 is 11.0 Å². The number of fused-ring (bicyclic) bond motifs is 1. The molecule has 0 amide bonds. The highest BCUT2D eigenvalue weighted by Crippen LogP contribution is 2.31. The highest BCUT2D eigenvalue weighted by molar-refractivity contribution is 5.81. The molecular weight excluding hydrogens is 479 g/mol. The Morgan fingerprint density at radius 3 is 2.32 bits per heavy atom. The number of alkyl halides is 3. The minimum Gasteiger partial charge on any atom is -0.333 e. The summed E-state index contributed by atoms with van der Waals surface area (Å²) < 4.78 is 43.8. The third kappa shape index (κ3) is 4.45. The first-order chi connectivity index (χ1) is 17.5. The van der Waals surface area contributed by atoms with Gasteiger partial charge in [-0.05, 0) is 23.1 Å². The van der Waals surface area contributed by atoms with Crippen LogP contribution in [0.2, 0.25) is 0 Å². The number of nitrogens with zero attached hydrogens (tertiary/aromatic N) is 5. The third-order valence-electron chi connectivity index (χ3n) is 6.61. The average Bonchev–Trinajstić information content (AvgIpc) is 3.38. The molecule has 0 fully saturated rings. The summed E-state index contributed by atoms with van der Waals surface area (Å²) in [5, 5.41) is 0. The molecule has 37 heavy (non-hydrogen) atoms. The summed E-state index contributed by atoms with van der Waals surface area (Å²) >= 11 is 0. The van der Waals surface area contributed by atoms with Gasteiger partial charge in [-0.15, -0.1) is 0 Å². The molecular formula is C28H26F3N5O. The highest BCUT2D eigenvalue weighted by Gasteiger charge is 2.34. The Hall–Kier alpha value is -4.14. The lowest BCUT2D eigenvalue weighted by atomic mass is 9.95. The van der Waals surface area contributed by atoms with Gasteiger partial charge in [-0.1, -0.05) is 62.4 Å². The summed E-state index contributed by atoms with van der Waals surface area (Å²) in [6.45, 7) is 4.57. The van der Waals surface area contributed by atoms with Crippen LogP contribution in [0.25, 0.3) is 33.7 Å². The summed E-state index contributed by atoms with van der Waals surface area (Å²) in [4.78, 5) is 21.5. The van der Waals surface area contributed by atoms with Crippen LogP contribution in [0.5, 0.6) is 0 Å². The summed E-state index contributed by atoms with van der Waals surface area (Å²) in [7, 11) is 3.25. The Labute approximate surface area is 211 Å². The van der Waals surface area contributed by atoms with Gasteiger partial charge in [0.2, 0.25) is 0 Å². The van der Waals surface area contributed by atoms with E-state index < -0.39 is 11.9 Å². The van der Waals surface area contributed by atoms with Crippen molar-refractivity contribution in [2.75, 3.05) is 0 Å². The molecule has 190 valence electrons. The van der Waals surface area contributed by atoms with Crippen LogP contribution in [0.3, 0.4) is 0 Å². The van der Waals surface area contributed by atoms with Gasteiger partial charge in [0, 0.05) is 31.4 Å². The number of benzene rings is 2. The Kier molecular flexibility index (Phi) is 6.01. The number of aromatic nitrogens is 5. The summed E-state index contributed by atoms with van der Waals surface area (Å²) in [5.74, 6) is 0.539. The Bertz CT molecular complexity index is 1660. The molecule has 0 saturated carbocycles. The van der Waals surface area contributed by atoms with E-state index >= 15 is 0 Å². The Morgan fingerprint density at radius 2 is 1.68 bits per heavy atom. The molecule has 0 atom stereocenters. The lowest BCUT2D eigenvalue weighted by Gasteiger charge is -2.12. The largest absolute Gasteiger partial charge is 0.434 e. The van der Waals surface area contributed by atoms with Crippen LogP contribution >= 0.6 is 0 Å². The van der Waals surface area contributed by atoms with Crippen molar-refractivity contribution in [2.45, 2.75) is 32.5 Å². The second-order valence-corrected chi connectivity index (χ2v) is 9.48. The van der Waals surface area contributed by atoms with Crippen LogP contribution in [-0.4, -0.2) is 23.7 Å². The van der Waals surface area contributed by atoms with E-state index in [1.807, 2.05) is 24.3 Å². The van der Waals surface area contributed by atoms with Crippen molar-refractivity contribution in [3.8, 4) is 22.6 Å². The molecule has 0 bridgehead atoms. The molecule has 0 aliphatic heterocycles. The maximum Gasteiger partial charge on any atom is 0.434 e. The molecule has 3 aromatic heterocycles. The first-order valence-corrected chi connectivity index (χ1v) is 11.9. The van der Waals surface area contributed by atoms with Crippen LogP contribution in [0.15, 0.2) is 71.8 Å². The molecule has 6 nitrogen and oxygen atoms in total. The van der Waals surface area contributed by atoms with Gasteiger partial charge in [0.1, 0.15) is 5.82 Å². The number of hydrogen-bond donors (Lipinski definition) is 0. The minimum atomic E-state index is -4.51. The van der Waals surface area contributed by atoms with E-state index in [0.29, 0.717) is 18.0 Å². The number of imidazole rings is 2. The quantitative estimate of drug-likeness (QED) is 0.295. The van der Waals surface area contributed by atoms with Gasteiger partial charge in [0.05, 0.1) is 29.5 Å². The summed E-state index contributed by atoms with van der Waals surface area (Å²) in [5.41, 5.74) is 4.78. The van der Waals surface area contributed by atoms with Gasteiger partial charge in [0.15, 0.2) is 5.69 Å². The second-order valence-electron chi connectivity index (χ2n) is 9.48. The lowest BCUT2D eigenvalue weighted by molar-refractivity contribution is -0.140. The zero-order chi connectivity index (χ0) is 26.5. The number of pyridine rings is 1. The van der Waals surface area contributed by atoms with Crippen molar-refractivity contribution in [3.63, 3.8) is 0 Å². The molecule has 2 aromatic carbocycles. The van der Waals surface area contributed by atoms with E-state index in [4.69, 9.17) is 0 Å². The second kappa shape index (κ2) is 9.06. The van der Waals surface area contributed by atoms with Crippen LogP contribution in [0.4, 0.5) is 13.2 Å². The summed E-state index contributed by atoms with van der Waals surface area (Å²) in [6, 6.07) is 17.1. The van der Waals surface area contributed by atoms with Crippen molar-refractivity contribution in [2.24, 2.45) is 14.1 Å².